The number of rotatable bonds is 5. The summed E-state index contributed by atoms with van der Waals surface area (Å²) < 4.78 is 0. The summed E-state index contributed by atoms with van der Waals surface area (Å²) in [4.78, 5) is 0. The van der Waals surface area contributed by atoms with Crippen molar-refractivity contribution in [3.8, 4) is 0 Å². The monoisotopic (exact) mass is 386 g/mol. The summed E-state index contributed by atoms with van der Waals surface area (Å²) in [6.07, 6.45) is 17.2. The van der Waals surface area contributed by atoms with Gasteiger partial charge in [0.15, 0.2) is 0 Å². The number of hydrogen-bond donors (Lipinski definition) is 1. The molecule has 1 nitrogen and oxygen atoms in total. The van der Waals surface area contributed by atoms with Crippen molar-refractivity contribution in [2.75, 3.05) is 0 Å². The van der Waals surface area contributed by atoms with Gasteiger partial charge in [0.05, 0.1) is 6.10 Å². The van der Waals surface area contributed by atoms with Crippen LogP contribution >= 0.6 is 0 Å². The molecule has 4 aliphatic carbocycles. The molecule has 0 heterocycles. The molecule has 0 aromatic rings. The van der Waals surface area contributed by atoms with E-state index in [1.165, 1.54) is 57.8 Å². The number of aliphatic hydroxyl groups excluding tert-OH is 1. The van der Waals surface area contributed by atoms with E-state index in [-0.39, 0.29) is 6.10 Å². The Morgan fingerprint density at radius 3 is 2.54 bits per heavy atom. The molecule has 1 heteroatoms. The predicted octanol–water partition coefficient (Wildman–Crippen LogP) is 7.39. The summed E-state index contributed by atoms with van der Waals surface area (Å²) in [5, 5.41) is 10.2. The molecule has 0 spiro atoms. The zero-order valence-electron chi connectivity index (χ0n) is 19.3. The second-order valence-corrected chi connectivity index (χ2v) is 12.2. The first-order valence-electron chi connectivity index (χ1n) is 12.6. The molecule has 0 aliphatic heterocycles. The Morgan fingerprint density at radius 1 is 1.00 bits per heavy atom. The van der Waals surface area contributed by atoms with Crippen LogP contribution in [0.1, 0.15) is 105 Å². The molecule has 160 valence electrons. The highest BCUT2D eigenvalue weighted by molar-refractivity contribution is 5.25. The molecule has 0 aromatic carbocycles. The average molecular weight is 387 g/mol. The smallest absolute Gasteiger partial charge is 0.0577 e. The third kappa shape index (κ3) is 3.42. The largest absolute Gasteiger partial charge is 0.393 e. The Hall–Kier alpha value is -0.300. The van der Waals surface area contributed by atoms with E-state index in [0.717, 1.165) is 48.3 Å². The third-order valence-electron chi connectivity index (χ3n) is 10.3. The average Bonchev–Trinajstić information content (AvgIpc) is 2.99. The van der Waals surface area contributed by atoms with Gasteiger partial charge in [0.2, 0.25) is 0 Å². The van der Waals surface area contributed by atoms with Gasteiger partial charge in [-0.25, -0.2) is 0 Å². The second kappa shape index (κ2) is 7.75. The number of hydrogen-bond acceptors (Lipinski definition) is 1. The van der Waals surface area contributed by atoms with Gasteiger partial charge in [-0.1, -0.05) is 65.5 Å². The van der Waals surface area contributed by atoms with Crippen LogP contribution in [0.3, 0.4) is 0 Å². The zero-order chi connectivity index (χ0) is 20.1. The van der Waals surface area contributed by atoms with Crippen molar-refractivity contribution >= 4 is 0 Å². The lowest BCUT2D eigenvalue weighted by molar-refractivity contribution is -0.0573. The first-order chi connectivity index (χ1) is 13.3. The van der Waals surface area contributed by atoms with E-state index in [9.17, 15) is 5.11 Å². The van der Waals surface area contributed by atoms with Crippen molar-refractivity contribution in [2.24, 2.45) is 46.3 Å². The topological polar surface area (TPSA) is 20.2 Å². The van der Waals surface area contributed by atoms with E-state index >= 15 is 0 Å². The van der Waals surface area contributed by atoms with Crippen molar-refractivity contribution in [3.05, 3.63) is 11.6 Å². The van der Waals surface area contributed by atoms with Crippen LogP contribution < -0.4 is 0 Å². The predicted molar refractivity (Wildman–Crippen MR) is 119 cm³/mol. The van der Waals surface area contributed by atoms with Gasteiger partial charge in [-0.2, -0.15) is 0 Å². The Labute approximate surface area is 174 Å². The molecule has 28 heavy (non-hydrogen) atoms. The van der Waals surface area contributed by atoms with Crippen LogP contribution in [0.25, 0.3) is 0 Å². The van der Waals surface area contributed by atoms with E-state index in [1.54, 1.807) is 5.57 Å². The molecule has 0 aromatic heterocycles. The van der Waals surface area contributed by atoms with E-state index < -0.39 is 0 Å². The SMILES string of the molecule is CC(C)CCC[C@@H](C)[C@H]1CCC2[C@H]3CC=C4C[C@@H](O)CC[C@]4(C)[C@@H]3CC[C@@]21C. The molecule has 1 N–H and O–H groups in total. The summed E-state index contributed by atoms with van der Waals surface area (Å²) in [5.74, 6) is 5.46. The molecule has 0 saturated heterocycles. The van der Waals surface area contributed by atoms with Crippen LogP contribution in [0.5, 0.6) is 0 Å². The maximum Gasteiger partial charge on any atom is 0.0577 e. The number of fused-ring (bicyclic) bond motifs is 5. The summed E-state index contributed by atoms with van der Waals surface area (Å²) >= 11 is 0. The van der Waals surface area contributed by atoms with Crippen LogP contribution in [0.2, 0.25) is 0 Å². The molecule has 3 fully saturated rings. The Kier molecular flexibility index (Phi) is 5.80. The summed E-state index contributed by atoms with van der Waals surface area (Å²) in [5.41, 5.74) is 2.60. The fourth-order valence-corrected chi connectivity index (χ4v) is 8.67. The molecule has 4 aliphatic rings. The van der Waals surface area contributed by atoms with Crippen molar-refractivity contribution in [2.45, 2.75) is 111 Å². The lowest BCUT2D eigenvalue weighted by Crippen LogP contribution is -2.50. The summed E-state index contributed by atoms with van der Waals surface area (Å²) in [7, 11) is 0. The summed E-state index contributed by atoms with van der Waals surface area (Å²) in [6.45, 7) is 12.6. The van der Waals surface area contributed by atoms with Gasteiger partial charge in [-0.3, -0.25) is 0 Å². The minimum absolute atomic E-state index is 0.0766. The third-order valence-corrected chi connectivity index (χ3v) is 10.3. The van der Waals surface area contributed by atoms with Gasteiger partial charge in [0, 0.05) is 0 Å². The van der Waals surface area contributed by atoms with Crippen LogP contribution in [0, 0.1) is 46.3 Å². The van der Waals surface area contributed by atoms with E-state index in [2.05, 4.69) is 40.7 Å². The number of allylic oxidation sites excluding steroid dienone is 1. The van der Waals surface area contributed by atoms with E-state index in [4.69, 9.17) is 0 Å². The minimum atomic E-state index is -0.0766. The molecule has 8 atom stereocenters. The van der Waals surface area contributed by atoms with E-state index in [0.29, 0.717) is 10.8 Å². The highest BCUT2D eigenvalue weighted by atomic mass is 16.3. The summed E-state index contributed by atoms with van der Waals surface area (Å²) in [6, 6.07) is 0. The molecule has 3 saturated carbocycles. The van der Waals surface area contributed by atoms with Gasteiger partial charge >= 0.3 is 0 Å². The van der Waals surface area contributed by atoms with Gasteiger partial charge < -0.3 is 5.11 Å². The molecule has 0 amide bonds. The Balaban J connectivity index is 1.49. The van der Waals surface area contributed by atoms with Gasteiger partial charge in [-0.05, 0) is 97.7 Å². The molecular weight excluding hydrogens is 340 g/mol. The molecule has 0 bridgehead atoms. The lowest BCUT2D eigenvalue weighted by Gasteiger charge is -2.58. The van der Waals surface area contributed by atoms with Crippen molar-refractivity contribution in [1.82, 2.24) is 0 Å². The van der Waals surface area contributed by atoms with Crippen molar-refractivity contribution < 1.29 is 5.11 Å². The quantitative estimate of drug-likeness (QED) is 0.488. The molecular formula is C27H46O. The standard InChI is InChI=1S/C27H46O/c1-18(2)7-6-8-19(3)23-11-12-24-22-10-9-20-17-21(28)13-15-26(20,4)25(22)14-16-27(23,24)5/h9,18-19,21-25,28H,6-8,10-17H2,1-5H3/t19-,21+,22-,23-,24?,25-,26+,27-/m1/s1. The first kappa shape index (κ1) is 21.0. The zero-order valence-corrected chi connectivity index (χ0v) is 19.3. The highest BCUT2D eigenvalue weighted by Gasteiger charge is 2.59. The molecule has 1 unspecified atom stereocenters. The minimum Gasteiger partial charge on any atom is -0.393 e. The first-order valence-corrected chi connectivity index (χ1v) is 12.6. The van der Waals surface area contributed by atoms with Crippen LogP contribution in [0.15, 0.2) is 11.6 Å². The van der Waals surface area contributed by atoms with Gasteiger partial charge in [0.1, 0.15) is 0 Å². The second-order valence-electron chi connectivity index (χ2n) is 12.2. The van der Waals surface area contributed by atoms with Crippen LogP contribution in [-0.4, -0.2) is 11.2 Å². The van der Waals surface area contributed by atoms with Crippen LogP contribution in [-0.2, 0) is 0 Å². The number of aliphatic hydroxyl groups is 1. The lowest BCUT2D eigenvalue weighted by atomic mass is 9.47. The maximum atomic E-state index is 10.2. The van der Waals surface area contributed by atoms with E-state index in [1.807, 2.05) is 0 Å². The fourth-order valence-electron chi connectivity index (χ4n) is 8.67. The maximum absolute atomic E-state index is 10.2. The molecule has 0 radical (unpaired) electrons. The Bertz CT molecular complexity index is 591. The van der Waals surface area contributed by atoms with Crippen molar-refractivity contribution in [3.63, 3.8) is 0 Å². The normalized spacial score (nSPS) is 46.5. The fraction of sp³-hybridized carbons (Fsp3) is 0.926. The van der Waals surface area contributed by atoms with Gasteiger partial charge in [-0.15, -0.1) is 0 Å². The van der Waals surface area contributed by atoms with Crippen LogP contribution in [0.4, 0.5) is 0 Å². The van der Waals surface area contributed by atoms with Crippen molar-refractivity contribution in [1.29, 1.82) is 0 Å². The Morgan fingerprint density at radius 2 is 1.79 bits per heavy atom. The highest BCUT2D eigenvalue weighted by Crippen LogP contribution is 2.67. The molecule has 4 rings (SSSR count). The van der Waals surface area contributed by atoms with Gasteiger partial charge in [0.25, 0.3) is 0 Å².